The molecule has 1 aromatic rings. The van der Waals surface area contributed by atoms with E-state index in [9.17, 15) is 0 Å². The van der Waals surface area contributed by atoms with Crippen LogP contribution in [0.25, 0.3) is 5.70 Å². The summed E-state index contributed by atoms with van der Waals surface area (Å²) in [6.45, 7) is 5.42. The lowest BCUT2D eigenvalue weighted by Crippen LogP contribution is -1.78. The molecule has 12 heavy (non-hydrogen) atoms. The Bertz CT molecular complexity index is 294. The number of nitrogens with one attached hydrogen (secondary N) is 1. The minimum absolute atomic E-state index is 0.797. The highest BCUT2D eigenvalue weighted by Gasteiger charge is 1.96. The number of allylic oxidation sites excluding steroid dienone is 3. The Labute approximate surface area is 71.6 Å². The van der Waals surface area contributed by atoms with Crippen LogP contribution in [0.5, 0.6) is 0 Å². The highest BCUT2D eigenvalue weighted by atomic mass is 14.9. The lowest BCUT2D eigenvalue weighted by molar-refractivity contribution is 1.29. The Hall–Kier alpha value is -1.64. The van der Waals surface area contributed by atoms with Crippen molar-refractivity contribution < 1.29 is 0 Å². The molecule has 0 amide bonds. The van der Waals surface area contributed by atoms with Crippen LogP contribution in [0.4, 0.5) is 0 Å². The van der Waals surface area contributed by atoms with E-state index in [1.807, 2.05) is 25.2 Å². The van der Waals surface area contributed by atoms with E-state index >= 15 is 0 Å². The predicted molar refractivity (Wildman–Crippen MR) is 50.9 cm³/mol. The van der Waals surface area contributed by atoms with Crippen LogP contribution in [0.2, 0.25) is 0 Å². The molecule has 1 aromatic heterocycles. The zero-order valence-corrected chi connectivity index (χ0v) is 6.99. The third-order valence-corrected chi connectivity index (χ3v) is 1.39. The molecule has 0 saturated heterocycles. The molecule has 62 valence electrons. The van der Waals surface area contributed by atoms with Gasteiger partial charge in [-0.1, -0.05) is 12.2 Å². The second-order valence-corrected chi connectivity index (χ2v) is 2.20. The molecule has 0 aliphatic rings. The summed E-state index contributed by atoms with van der Waals surface area (Å²) in [5.74, 6) is 0. The van der Waals surface area contributed by atoms with Gasteiger partial charge in [0.1, 0.15) is 0 Å². The van der Waals surface area contributed by atoms with Gasteiger partial charge in [-0.2, -0.15) is 0 Å². The van der Waals surface area contributed by atoms with Crippen molar-refractivity contribution in [1.29, 1.82) is 0 Å². The monoisotopic (exact) mass is 161 g/mol. The summed E-state index contributed by atoms with van der Waals surface area (Å²) >= 11 is 0. The van der Waals surface area contributed by atoms with Gasteiger partial charge in [0.05, 0.1) is 23.9 Å². The van der Waals surface area contributed by atoms with E-state index in [4.69, 9.17) is 0 Å². The van der Waals surface area contributed by atoms with Gasteiger partial charge >= 0.3 is 0 Å². The van der Waals surface area contributed by atoms with Gasteiger partial charge in [0, 0.05) is 0 Å². The number of aromatic nitrogens is 2. The van der Waals surface area contributed by atoms with E-state index in [2.05, 4.69) is 21.7 Å². The zero-order chi connectivity index (χ0) is 8.81. The van der Waals surface area contributed by atoms with Gasteiger partial charge in [0.15, 0.2) is 0 Å². The fourth-order valence-corrected chi connectivity index (χ4v) is 0.811. The molecule has 3 heteroatoms. The molecule has 3 nitrogen and oxygen atoms in total. The van der Waals surface area contributed by atoms with Crippen molar-refractivity contribution in [2.24, 2.45) is 4.99 Å². The molecular formula is C9H11N3. The van der Waals surface area contributed by atoms with Gasteiger partial charge in [0.25, 0.3) is 0 Å². The number of aromatic amines is 1. The van der Waals surface area contributed by atoms with Crippen LogP contribution >= 0.6 is 0 Å². The van der Waals surface area contributed by atoms with Crippen LogP contribution in [0.3, 0.4) is 0 Å². The molecule has 0 fully saturated rings. The normalized spacial score (nSPS) is 12.2. The molecule has 1 heterocycles. The fraction of sp³-hybridized carbons (Fsp3) is 0.111. The van der Waals surface area contributed by atoms with Crippen LogP contribution in [-0.2, 0) is 0 Å². The predicted octanol–water partition coefficient (Wildman–Crippen LogP) is 2.03. The number of rotatable bonds is 3. The number of nitrogens with zero attached hydrogens (tertiary/aromatic N) is 2. The first-order chi connectivity index (χ1) is 5.88. The maximum absolute atomic E-state index is 3.89. The average Bonchev–Trinajstić information content (AvgIpc) is 2.59. The molecule has 0 radical (unpaired) electrons. The van der Waals surface area contributed by atoms with Crippen molar-refractivity contribution in [3.8, 4) is 0 Å². The number of hydrogen-bond donors (Lipinski definition) is 1. The van der Waals surface area contributed by atoms with Crippen LogP contribution in [-0.4, -0.2) is 16.7 Å². The number of H-pyrrole nitrogens is 1. The highest BCUT2D eigenvalue weighted by molar-refractivity contribution is 5.66. The Balaban J connectivity index is 2.90. The molecular weight excluding hydrogens is 150 g/mol. The van der Waals surface area contributed by atoms with Crippen LogP contribution in [0.1, 0.15) is 12.6 Å². The molecule has 0 saturated carbocycles. The second kappa shape index (κ2) is 4.28. The standard InChI is InChI=1S/C9H11N3/c1-3-4-5-8(10-2)9-6-11-7-12-9/h3-7H,2H2,1H3,(H,11,12)/b4-3-,8-5-. The summed E-state index contributed by atoms with van der Waals surface area (Å²) in [5, 5.41) is 0. The Kier molecular flexibility index (Phi) is 3.02. The molecule has 1 rings (SSSR count). The van der Waals surface area contributed by atoms with Gasteiger partial charge < -0.3 is 4.98 Å². The lowest BCUT2D eigenvalue weighted by atomic mass is 10.3. The van der Waals surface area contributed by atoms with E-state index < -0.39 is 0 Å². The number of hydrogen-bond acceptors (Lipinski definition) is 2. The summed E-state index contributed by atoms with van der Waals surface area (Å²) in [4.78, 5) is 10.7. The van der Waals surface area contributed by atoms with Gasteiger partial charge in [-0.25, -0.2) is 4.98 Å². The summed E-state index contributed by atoms with van der Waals surface area (Å²) in [5.41, 5.74) is 1.67. The molecule has 0 aliphatic carbocycles. The third-order valence-electron chi connectivity index (χ3n) is 1.39. The molecule has 0 bridgehead atoms. The van der Waals surface area contributed by atoms with E-state index in [0.717, 1.165) is 11.4 Å². The summed E-state index contributed by atoms with van der Waals surface area (Å²) in [7, 11) is 0. The van der Waals surface area contributed by atoms with Crippen molar-refractivity contribution in [3.63, 3.8) is 0 Å². The van der Waals surface area contributed by atoms with Crippen LogP contribution < -0.4 is 0 Å². The van der Waals surface area contributed by atoms with Gasteiger partial charge in [0.2, 0.25) is 0 Å². The van der Waals surface area contributed by atoms with Crippen molar-refractivity contribution >= 4 is 12.4 Å². The Morgan fingerprint density at radius 3 is 3.08 bits per heavy atom. The Morgan fingerprint density at radius 2 is 2.58 bits per heavy atom. The third kappa shape index (κ3) is 1.92. The fourth-order valence-electron chi connectivity index (χ4n) is 0.811. The first kappa shape index (κ1) is 8.46. The minimum atomic E-state index is 0.797. The lowest BCUT2D eigenvalue weighted by Gasteiger charge is -1.92. The summed E-state index contributed by atoms with van der Waals surface area (Å²) in [6.07, 6.45) is 9.04. The van der Waals surface area contributed by atoms with Crippen molar-refractivity contribution in [2.45, 2.75) is 6.92 Å². The highest BCUT2D eigenvalue weighted by Crippen LogP contribution is 2.10. The van der Waals surface area contributed by atoms with Gasteiger partial charge in [-0.3, -0.25) is 4.99 Å². The first-order valence-electron chi connectivity index (χ1n) is 3.67. The number of imidazole rings is 1. The van der Waals surface area contributed by atoms with Crippen LogP contribution in [0, 0.1) is 0 Å². The van der Waals surface area contributed by atoms with E-state index in [1.165, 1.54) is 0 Å². The van der Waals surface area contributed by atoms with E-state index in [-0.39, 0.29) is 0 Å². The topological polar surface area (TPSA) is 41.0 Å². The van der Waals surface area contributed by atoms with Crippen LogP contribution in [0.15, 0.2) is 35.7 Å². The first-order valence-corrected chi connectivity index (χ1v) is 3.67. The summed E-state index contributed by atoms with van der Waals surface area (Å²) < 4.78 is 0. The average molecular weight is 161 g/mol. The molecule has 0 atom stereocenters. The zero-order valence-electron chi connectivity index (χ0n) is 6.99. The molecule has 0 aromatic carbocycles. The minimum Gasteiger partial charge on any atom is -0.343 e. The van der Waals surface area contributed by atoms with Gasteiger partial charge in [-0.05, 0) is 19.7 Å². The SMILES string of the molecule is C=N/C(=C\C=C/C)c1cnc[nH]1. The molecule has 0 unspecified atom stereocenters. The molecule has 0 aliphatic heterocycles. The maximum atomic E-state index is 3.89. The molecule has 0 spiro atoms. The Morgan fingerprint density at radius 1 is 1.75 bits per heavy atom. The van der Waals surface area contributed by atoms with Gasteiger partial charge in [-0.15, -0.1) is 0 Å². The van der Waals surface area contributed by atoms with Crippen molar-refractivity contribution in [1.82, 2.24) is 9.97 Å². The summed E-state index contributed by atoms with van der Waals surface area (Å²) in [6, 6.07) is 0. The van der Waals surface area contributed by atoms with E-state index in [1.54, 1.807) is 12.5 Å². The molecule has 1 N–H and O–H groups in total. The van der Waals surface area contributed by atoms with Crippen molar-refractivity contribution in [2.75, 3.05) is 0 Å². The quantitative estimate of drug-likeness (QED) is 0.534. The van der Waals surface area contributed by atoms with E-state index in [0.29, 0.717) is 0 Å². The largest absolute Gasteiger partial charge is 0.343 e. The maximum Gasteiger partial charge on any atom is 0.0924 e. The van der Waals surface area contributed by atoms with Crippen molar-refractivity contribution in [3.05, 3.63) is 36.4 Å². The number of aliphatic imine (C=N–C) groups is 1. The smallest absolute Gasteiger partial charge is 0.0924 e. The second-order valence-electron chi connectivity index (χ2n) is 2.20.